The van der Waals surface area contributed by atoms with Crippen LogP contribution in [0.3, 0.4) is 0 Å². The minimum Gasteiger partial charge on any atom is -0.261 e. The highest BCUT2D eigenvalue weighted by Gasteiger charge is 1.99. The highest BCUT2D eigenvalue weighted by Crippen LogP contribution is 2.19. The van der Waals surface area contributed by atoms with E-state index in [2.05, 4.69) is 60.1 Å². The molecule has 0 heterocycles. The number of allylic oxidation sites excluding steroid dienone is 2. The number of benzene rings is 2. The van der Waals surface area contributed by atoms with Crippen LogP contribution in [0.15, 0.2) is 84.5 Å². The second kappa shape index (κ2) is 6.50. The van der Waals surface area contributed by atoms with Crippen LogP contribution in [0.4, 0.5) is 0 Å². The van der Waals surface area contributed by atoms with Gasteiger partial charge in [0.25, 0.3) is 0 Å². The van der Waals surface area contributed by atoms with Gasteiger partial charge in [-0.1, -0.05) is 67.3 Å². The van der Waals surface area contributed by atoms with Gasteiger partial charge in [0.05, 0.1) is 0 Å². The van der Waals surface area contributed by atoms with Crippen LogP contribution in [0.5, 0.6) is 0 Å². The molecule has 1 nitrogen and oxygen atoms in total. The zero-order chi connectivity index (χ0) is 13.5. The first-order valence-electron chi connectivity index (χ1n) is 6.29. The van der Waals surface area contributed by atoms with Crippen LogP contribution in [0.1, 0.15) is 12.5 Å². The summed E-state index contributed by atoms with van der Waals surface area (Å²) in [6.07, 6.45) is 5.30. The molecule has 0 radical (unpaired) electrons. The van der Waals surface area contributed by atoms with Gasteiger partial charge in [-0.2, -0.15) is 0 Å². The van der Waals surface area contributed by atoms with Crippen LogP contribution in [0, 0.1) is 0 Å². The van der Waals surface area contributed by atoms with Crippen LogP contribution >= 0.6 is 0 Å². The number of rotatable bonds is 4. The molecule has 0 aliphatic carbocycles. The summed E-state index contributed by atoms with van der Waals surface area (Å²) in [5, 5.41) is 0. The largest absolute Gasteiger partial charge is 0.261 e. The molecule has 0 amide bonds. The second-order valence-electron chi connectivity index (χ2n) is 4.24. The SMILES string of the molecule is C=C/C=C\N=C(C)c1ccc(-c2ccccc2)cc1. The van der Waals surface area contributed by atoms with Gasteiger partial charge in [-0.3, -0.25) is 4.99 Å². The van der Waals surface area contributed by atoms with Crippen LogP contribution in [-0.4, -0.2) is 5.71 Å². The van der Waals surface area contributed by atoms with E-state index in [4.69, 9.17) is 0 Å². The van der Waals surface area contributed by atoms with Crippen LogP contribution in [0.2, 0.25) is 0 Å². The van der Waals surface area contributed by atoms with E-state index in [-0.39, 0.29) is 0 Å². The van der Waals surface area contributed by atoms with Gasteiger partial charge < -0.3 is 0 Å². The van der Waals surface area contributed by atoms with Gasteiger partial charge in [-0.05, 0) is 29.7 Å². The standard InChI is InChI=1S/C18H17N/c1-3-4-14-19-15(2)16-10-12-18(13-11-16)17-8-6-5-7-9-17/h3-14H,1H2,2H3/b14-4-,19-15?. The molecular weight excluding hydrogens is 230 g/mol. The van der Waals surface area contributed by atoms with E-state index in [9.17, 15) is 0 Å². The van der Waals surface area contributed by atoms with Gasteiger partial charge in [0.15, 0.2) is 0 Å². The van der Waals surface area contributed by atoms with Crippen molar-refractivity contribution >= 4 is 5.71 Å². The second-order valence-corrected chi connectivity index (χ2v) is 4.24. The number of hydrogen-bond acceptors (Lipinski definition) is 1. The normalized spacial score (nSPS) is 11.7. The number of nitrogens with zero attached hydrogens (tertiary/aromatic N) is 1. The van der Waals surface area contributed by atoms with Crippen molar-refractivity contribution in [2.24, 2.45) is 4.99 Å². The summed E-state index contributed by atoms with van der Waals surface area (Å²) in [7, 11) is 0. The van der Waals surface area contributed by atoms with Crippen molar-refractivity contribution in [3.05, 3.63) is 85.1 Å². The van der Waals surface area contributed by atoms with Crippen LogP contribution in [0.25, 0.3) is 11.1 Å². The summed E-state index contributed by atoms with van der Waals surface area (Å²) in [5.41, 5.74) is 4.58. The Morgan fingerprint density at radius 2 is 1.58 bits per heavy atom. The maximum atomic E-state index is 4.35. The molecular formula is C18H17N. The fraction of sp³-hybridized carbons (Fsp3) is 0.0556. The average Bonchev–Trinajstić information content (AvgIpc) is 2.48. The molecule has 0 unspecified atom stereocenters. The van der Waals surface area contributed by atoms with Crippen molar-refractivity contribution in [2.45, 2.75) is 6.92 Å². The lowest BCUT2D eigenvalue weighted by atomic mass is 10.0. The molecule has 0 N–H and O–H groups in total. The fourth-order valence-electron chi connectivity index (χ4n) is 1.82. The van der Waals surface area contributed by atoms with E-state index in [1.54, 1.807) is 12.3 Å². The highest BCUT2D eigenvalue weighted by molar-refractivity contribution is 5.99. The van der Waals surface area contributed by atoms with Crippen molar-refractivity contribution in [1.82, 2.24) is 0 Å². The molecule has 0 aliphatic rings. The van der Waals surface area contributed by atoms with E-state index in [1.807, 2.05) is 19.1 Å². The Bertz CT molecular complexity index is 589. The first kappa shape index (κ1) is 13.0. The zero-order valence-electron chi connectivity index (χ0n) is 11.1. The summed E-state index contributed by atoms with van der Waals surface area (Å²) in [5.74, 6) is 0. The molecule has 2 rings (SSSR count). The lowest BCUT2D eigenvalue weighted by molar-refractivity contribution is 1.49. The minimum absolute atomic E-state index is 0.998. The van der Waals surface area contributed by atoms with E-state index < -0.39 is 0 Å². The molecule has 0 aromatic heterocycles. The van der Waals surface area contributed by atoms with E-state index in [0.717, 1.165) is 11.3 Å². The number of aliphatic imine (C=N–C) groups is 1. The molecule has 0 saturated heterocycles. The molecule has 19 heavy (non-hydrogen) atoms. The lowest BCUT2D eigenvalue weighted by Gasteiger charge is -2.03. The summed E-state index contributed by atoms with van der Waals surface area (Å²) < 4.78 is 0. The summed E-state index contributed by atoms with van der Waals surface area (Å²) >= 11 is 0. The molecule has 2 aromatic rings. The lowest BCUT2D eigenvalue weighted by Crippen LogP contribution is -1.93. The smallest absolute Gasteiger partial charge is 0.0444 e. The Kier molecular flexibility index (Phi) is 4.46. The predicted octanol–water partition coefficient (Wildman–Crippen LogP) is 4.86. The summed E-state index contributed by atoms with van der Waals surface area (Å²) in [6.45, 7) is 5.62. The van der Waals surface area contributed by atoms with Gasteiger partial charge in [0, 0.05) is 11.9 Å². The van der Waals surface area contributed by atoms with Gasteiger partial charge in [0.2, 0.25) is 0 Å². The molecule has 1 heteroatoms. The molecule has 0 aliphatic heterocycles. The Hall–Kier alpha value is -2.41. The van der Waals surface area contributed by atoms with Gasteiger partial charge >= 0.3 is 0 Å². The van der Waals surface area contributed by atoms with Crippen LogP contribution < -0.4 is 0 Å². The van der Waals surface area contributed by atoms with E-state index in [0.29, 0.717) is 0 Å². The Morgan fingerprint density at radius 1 is 0.947 bits per heavy atom. The van der Waals surface area contributed by atoms with Gasteiger partial charge in [-0.25, -0.2) is 0 Å². The minimum atomic E-state index is 0.998. The van der Waals surface area contributed by atoms with Crippen molar-refractivity contribution < 1.29 is 0 Å². The van der Waals surface area contributed by atoms with Crippen molar-refractivity contribution in [2.75, 3.05) is 0 Å². The van der Waals surface area contributed by atoms with Crippen molar-refractivity contribution in [3.63, 3.8) is 0 Å². The quantitative estimate of drug-likeness (QED) is 0.540. The summed E-state index contributed by atoms with van der Waals surface area (Å²) in [6, 6.07) is 18.8. The van der Waals surface area contributed by atoms with Crippen LogP contribution in [-0.2, 0) is 0 Å². The topological polar surface area (TPSA) is 12.4 Å². The predicted molar refractivity (Wildman–Crippen MR) is 83.4 cm³/mol. The molecule has 0 saturated carbocycles. The third-order valence-corrected chi connectivity index (χ3v) is 2.90. The monoisotopic (exact) mass is 247 g/mol. The average molecular weight is 247 g/mol. The first-order valence-corrected chi connectivity index (χ1v) is 6.29. The Labute approximate surface area is 114 Å². The van der Waals surface area contributed by atoms with E-state index >= 15 is 0 Å². The zero-order valence-corrected chi connectivity index (χ0v) is 11.1. The van der Waals surface area contributed by atoms with E-state index in [1.165, 1.54) is 11.1 Å². The third-order valence-electron chi connectivity index (χ3n) is 2.90. The molecule has 0 atom stereocenters. The van der Waals surface area contributed by atoms with Gasteiger partial charge in [0.1, 0.15) is 0 Å². The number of hydrogen-bond donors (Lipinski definition) is 0. The Morgan fingerprint density at radius 3 is 2.21 bits per heavy atom. The Balaban J connectivity index is 2.21. The molecule has 0 bridgehead atoms. The van der Waals surface area contributed by atoms with Crippen molar-refractivity contribution in [1.29, 1.82) is 0 Å². The molecule has 0 spiro atoms. The van der Waals surface area contributed by atoms with Crippen molar-refractivity contribution in [3.8, 4) is 11.1 Å². The molecule has 2 aromatic carbocycles. The fourth-order valence-corrected chi connectivity index (χ4v) is 1.82. The highest BCUT2D eigenvalue weighted by atomic mass is 14.7. The summed E-state index contributed by atoms with van der Waals surface area (Å²) in [4.78, 5) is 4.35. The molecule has 94 valence electrons. The third kappa shape index (κ3) is 3.52. The maximum absolute atomic E-state index is 4.35. The van der Waals surface area contributed by atoms with Gasteiger partial charge in [-0.15, -0.1) is 0 Å². The molecule has 0 fully saturated rings. The first-order chi connectivity index (χ1) is 9.31. The maximum Gasteiger partial charge on any atom is 0.0444 e.